The van der Waals surface area contributed by atoms with Gasteiger partial charge in [0.25, 0.3) is 0 Å². The molecular weight excluding hydrogens is 509 g/mol. The van der Waals surface area contributed by atoms with E-state index in [1.54, 1.807) is 20.5 Å². The van der Waals surface area contributed by atoms with Gasteiger partial charge in [-0.05, 0) is 36.2 Å². The molecule has 0 amide bonds. The van der Waals surface area contributed by atoms with Crippen molar-refractivity contribution in [2.75, 3.05) is 47.1 Å². The molecule has 172 valence electrons. The highest BCUT2D eigenvalue weighted by molar-refractivity contribution is 14.0. The molecule has 1 saturated heterocycles. The molecule has 0 bridgehead atoms. The smallest absolute Gasteiger partial charge is 0.191 e. The minimum Gasteiger partial charge on any atom is -0.497 e. The Labute approximate surface area is 202 Å². The second-order valence-corrected chi connectivity index (χ2v) is 7.45. The number of ether oxygens (including phenoxy) is 3. The summed E-state index contributed by atoms with van der Waals surface area (Å²) in [6.07, 6.45) is 5.11. The van der Waals surface area contributed by atoms with E-state index in [-0.39, 0.29) is 29.6 Å². The number of halogens is 1. The van der Waals surface area contributed by atoms with Crippen molar-refractivity contribution < 1.29 is 18.6 Å². The first-order chi connectivity index (χ1) is 14.7. The van der Waals surface area contributed by atoms with Crippen molar-refractivity contribution in [3.05, 3.63) is 54.0 Å². The number of aliphatic imine (C=N–C) groups is 1. The van der Waals surface area contributed by atoms with Gasteiger partial charge in [-0.15, -0.1) is 24.0 Å². The summed E-state index contributed by atoms with van der Waals surface area (Å²) in [5, 5.41) is 6.86. The SMILES string of the molecule is COc1ccc(CCNC(=NCC2(OC)CCOCC2)NCCc2ccco2)cc1.I. The molecule has 2 aromatic rings. The summed E-state index contributed by atoms with van der Waals surface area (Å²) in [6, 6.07) is 12.0. The number of nitrogens with zero attached hydrogens (tertiary/aromatic N) is 1. The zero-order valence-corrected chi connectivity index (χ0v) is 20.7. The third kappa shape index (κ3) is 8.34. The molecule has 31 heavy (non-hydrogen) atoms. The number of furan rings is 1. The van der Waals surface area contributed by atoms with Crippen LogP contribution >= 0.6 is 24.0 Å². The zero-order valence-electron chi connectivity index (χ0n) is 18.4. The molecule has 3 rings (SSSR count). The molecule has 0 atom stereocenters. The maximum Gasteiger partial charge on any atom is 0.191 e. The van der Waals surface area contributed by atoms with Crippen LogP contribution in [-0.4, -0.2) is 58.6 Å². The predicted octanol–water partition coefficient (Wildman–Crippen LogP) is 3.42. The number of methoxy groups -OCH3 is 2. The average molecular weight is 543 g/mol. The summed E-state index contributed by atoms with van der Waals surface area (Å²) in [5.41, 5.74) is 1.00. The van der Waals surface area contributed by atoms with Gasteiger partial charge in [-0.25, -0.2) is 0 Å². The van der Waals surface area contributed by atoms with Crippen LogP contribution in [0.3, 0.4) is 0 Å². The van der Waals surface area contributed by atoms with Crippen molar-refractivity contribution in [3.63, 3.8) is 0 Å². The van der Waals surface area contributed by atoms with Crippen molar-refractivity contribution in [2.45, 2.75) is 31.3 Å². The van der Waals surface area contributed by atoms with Gasteiger partial charge in [0.1, 0.15) is 11.5 Å². The summed E-state index contributed by atoms with van der Waals surface area (Å²) in [4.78, 5) is 4.83. The van der Waals surface area contributed by atoms with Crippen LogP contribution < -0.4 is 15.4 Å². The van der Waals surface area contributed by atoms with E-state index in [4.69, 9.17) is 23.6 Å². The van der Waals surface area contributed by atoms with Crippen LogP contribution in [-0.2, 0) is 22.3 Å². The minimum atomic E-state index is -0.246. The van der Waals surface area contributed by atoms with Crippen LogP contribution in [0, 0.1) is 0 Å². The van der Waals surface area contributed by atoms with Gasteiger partial charge in [0.05, 0.1) is 25.5 Å². The lowest BCUT2D eigenvalue weighted by Crippen LogP contribution is -2.44. The average Bonchev–Trinajstić information content (AvgIpc) is 3.32. The molecule has 0 spiro atoms. The molecule has 1 aliphatic heterocycles. The Balaban J connectivity index is 0.00000341. The second-order valence-electron chi connectivity index (χ2n) is 7.45. The van der Waals surface area contributed by atoms with E-state index in [0.29, 0.717) is 6.54 Å². The van der Waals surface area contributed by atoms with E-state index in [9.17, 15) is 0 Å². The predicted molar refractivity (Wildman–Crippen MR) is 133 cm³/mol. The van der Waals surface area contributed by atoms with Gasteiger partial charge < -0.3 is 29.3 Å². The highest BCUT2D eigenvalue weighted by Gasteiger charge is 2.32. The van der Waals surface area contributed by atoms with Gasteiger partial charge >= 0.3 is 0 Å². The number of hydrogen-bond donors (Lipinski definition) is 2. The van der Waals surface area contributed by atoms with E-state index < -0.39 is 0 Å². The first-order valence-electron chi connectivity index (χ1n) is 10.5. The molecule has 1 aliphatic rings. The molecule has 1 aromatic carbocycles. The Morgan fingerprint density at radius 1 is 1.03 bits per heavy atom. The fraction of sp³-hybridized carbons (Fsp3) is 0.522. The van der Waals surface area contributed by atoms with Crippen molar-refractivity contribution in [1.29, 1.82) is 0 Å². The quantitative estimate of drug-likeness (QED) is 0.272. The van der Waals surface area contributed by atoms with E-state index in [0.717, 1.165) is 69.5 Å². The number of rotatable bonds is 10. The third-order valence-electron chi connectivity index (χ3n) is 5.47. The topological polar surface area (TPSA) is 77.2 Å². The van der Waals surface area contributed by atoms with Gasteiger partial charge in [0.2, 0.25) is 0 Å². The Hall–Kier alpha value is -1.78. The third-order valence-corrected chi connectivity index (χ3v) is 5.47. The first-order valence-corrected chi connectivity index (χ1v) is 10.5. The summed E-state index contributed by atoms with van der Waals surface area (Å²) in [5.74, 6) is 2.62. The molecule has 0 aliphatic carbocycles. The zero-order chi connectivity index (χ0) is 21.1. The van der Waals surface area contributed by atoms with E-state index in [2.05, 4.69) is 22.8 Å². The van der Waals surface area contributed by atoms with Gasteiger partial charge in [-0.1, -0.05) is 12.1 Å². The van der Waals surface area contributed by atoms with Gasteiger partial charge in [-0.2, -0.15) is 0 Å². The lowest BCUT2D eigenvalue weighted by Gasteiger charge is -2.34. The fourth-order valence-corrected chi connectivity index (χ4v) is 3.44. The normalized spacial score (nSPS) is 15.7. The molecule has 0 unspecified atom stereocenters. The van der Waals surface area contributed by atoms with Crippen LogP contribution in [0.4, 0.5) is 0 Å². The molecule has 1 fully saturated rings. The first kappa shape index (κ1) is 25.5. The molecule has 7 nitrogen and oxygen atoms in total. The van der Waals surface area contributed by atoms with Gasteiger partial charge in [0, 0.05) is 52.7 Å². The summed E-state index contributed by atoms with van der Waals surface area (Å²) < 4.78 is 22.0. The molecule has 0 radical (unpaired) electrons. The molecule has 2 heterocycles. The summed E-state index contributed by atoms with van der Waals surface area (Å²) in [7, 11) is 3.45. The highest BCUT2D eigenvalue weighted by atomic mass is 127. The number of guanidine groups is 1. The lowest BCUT2D eigenvalue weighted by atomic mass is 9.94. The Morgan fingerprint density at radius 3 is 2.35 bits per heavy atom. The maximum atomic E-state index is 5.82. The maximum absolute atomic E-state index is 5.82. The molecule has 0 saturated carbocycles. The highest BCUT2D eigenvalue weighted by Crippen LogP contribution is 2.24. The summed E-state index contributed by atoms with van der Waals surface area (Å²) in [6.45, 7) is 3.56. The molecule has 1 aromatic heterocycles. The van der Waals surface area contributed by atoms with Gasteiger partial charge in [-0.3, -0.25) is 4.99 Å². The summed E-state index contributed by atoms with van der Waals surface area (Å²) >= 11 is 0. The lowest BCUT2D eigenvalue weighted by molar-refractivity contribution is -0.0828. The Kier molecular flexibility index (Phi) is 11.2. The number of benzene rings is 1. The molecule has 8 heteroatoms. The number of hydrogen-bond acceptors (Lipinski definition) is 5. The van der Waals surface area contributed by atoms with Crippen molar-refractivity contribution in [1.82, 2.24) is 10.6 Å². The largest absolute Gasteiger partial charge is 0.497 e. The van der Waals surface area contributed by atoms with Crippen LogP contribution in [0.15, 0.2) is 52.1 Å². The van der Waals surface area contributed by atoms with Crippen LogP contribution in [0.25, 0.3) is 0 Å². The van der Waals surface area contributed by atoms with Crippen LogP contribution in [0.1, 0.15) is 24.2 Å². The Bertz CT molecular complexity index is 760. The second kappa shape index (κ2) is 13.6. The van der Waals surface area contributed by atoms with Crippen molar-refractivity contribution in [3.8, 4) is 5.75 Å². The Morgan fingerprint density at radius 2 is 1.74 bits per heavy atom. The molecular formula is C23H34IN3O4. The molecule has 2 N–H and O–H groups in total. The number of nitrogens with one attached hydrogen (secondary N) is 2. The van der Waals surface area contributed by atoms with E-state index >= 15 is 0 Å². The monoisotopic (exact) mass is 543 g/mol. The van der Waals surface area contributed by atoms with Crippen molar-refractivity contribution in [2.24, 2.45) is 4.99 Å². The van der Waals surface area contributed by atoms with E-state index in [1.165, 1.54) is 5.56 Å². The van der Waals surface area contributed by atoms with Gasteiger partial charge in [0.15, 0.2) is 5.96 Å². The van der Waals surface area contributed by atoms with E-state index in [1.807, 2.05) is 24.3 Å². The fourth-order valence-electron chi connectivity index (χ4n) is 3.44. The van der Waals surface area contributed by atoms with Crippen LogP contribution in [0.2, 0.25) is 0 Å². The minimum absolute atomic E-state index is 0. The standard InChI is InChI=1S/C23H33N3O4.HI/c1-27-20-7-5-19(6-8-20)9-13-24-22(25-14-10-21-4-3-15-30-21)26-18-23(28-2)11-16-29-17-12-23;/h3-8,15H,9-14,16-18H2,1-2H3,(H2,24,25,26);1H. The van der Waals surface area contributed by atoms with Crippen LogP contribution in [0.5, 0.6) is 5.75 Å². The van der Waals surface area contributed by atoms with Crippen molar-refractivity contribution >= 4 is 29.9 Å².